The van der Waals surface area contributed by atoms with E-state index in [0.717, 1.165) is 5.69 Å². The highest BCUT2D eigenvalue weighted by atomic mass is 16.3. The van der Waals surface area contributed by atoms with Gasteiger partial charge in [-0.25, -0.2) is 0 Å². The van der Waals surface area contributed by atoms with Gasteiger partial charge in [0.05, 0.1) is 23.9 Å². The average Bonchev–Trinajstić information content (AvgIpc) is 0.883. The fourth-order valence-electron chi connectivity index (χ4n) is 12.5. The maximum absolute atomic E-state index is 15.4. The van der Waals surface area contributed by atoms with Crippen molar-refractivity contribution >= 4 is 64.6 Å². The Hall–Kier alpha value is -6.19. The normalized spacial score (nSPS) is 26.9. The Labute approximate surface area is 545 Å². The van der Waals surface area contributed by atoms with Gasteiger partial charge in [-0.3, -0.25) is 52.7 Å². The number of aliphatic hydroxyl groups is 1. The van der Waals surface area contributed by atoms with Crippen LogP contribution in [-0.2, 0) is 59.2 Å². The van der Waals surface area contributed by atoms with Crippen molar-refractivity contribution in [3.8, 4) is 0 Å². The average molecular weight is 1280 g/mol. The monoisotopic (exact) mass is 1280 g/mol. The lowest BCUT2D eigenvalue weighted by Gasteiger charge is -2.41. The van der Waals surface area contributed by atoms with Gasteiger partial charge < -0.3 is 44.7 Å². The molecule has 0 radical (unpaired) electrons. The Morgan fingerprint density at radius 2 is 0.956 bits per heavy atom. The molecule has 1 aliphatic heterocycles. The topological polar surface area (TPSA) is 268 Å². The minimum atomic E-state index is -1.53. The predicted molar refractivity (Wildman–Crippen MR) is 352 cm³/mol. The number of amides is 8. The minimum absolute atomic E-state index is 0.0731. The highest BCUT2D eigenvalue weighted by Gasteiger charge is 2.46. The van der Waals surface area contributed by atoms with E-state index in [9.17, 15) is 38.7 Å². The first-order valence-electron chi connectivity index (χ1n) is 33.4. The molecular formula is C69H118N10O12. The molecule has 1 aromatic heterocycles. The zero-order chi connectivity index (χ0) is 70.0. The first kappa shape index (κ1) is 80.9. The van der Waals surface area contributed by atoms with Crippen LogP contribution in [0.5, 0.6) is 0 Å². The number of Topliss-reactive ketones (excluding diaryl/α,β-unsaturated/α-hetero) is 3. The van der Waals surface area contributed by atoms with E-state index in [1.165, 1.54) is 97.5 Å². The summed E-state index contributed by atoms with van der Waals surface area (Å²) in [4.78, 5) is 172. The number of hydrogen-bond acceptors (Lipinski definition) is 14. The maximum atomic E-state index is 15.4. The second-order valence-corrected chi connectivity index (χ2v) is 28.7. The number of carbonyl (C=O) groups excluding carboxylic acids is 11. The van der Waals surface area contributed by atoms with Crippen molar-refractivity contribution < 1.29 is 57.8 Å². The lowest BCUT2D eigenvalue weighted by molar-refractivity contribution is -0.157. The van der Waals surface area contributed by atoms with Crippen molar-refractivity contribution in [2.45, 2.75) is 243 Å². The molecule has 0 spiro atoms. The van der Waals surface area contributed by atoms with Gasteiger partial charge in [0.25, 0.3) is 0 Å². The quantitative estimate of drug-likeness (QED) is 0.163. The summed E-state index contributed by atoms with van der Waals surface area (Å²) in [6.45, 7) is 30.4. The fourth-order valence-corrected chi connectivity index (χ4v) is 12.5. The lowest BCUT2D eigenvalue weighted by atomic mass is 9.84. The first-order valence-corrected chi connectivity index (χ1v) is 33.4. The van der Waals surface area contributed by atoms with Crippen LogP contribution in [0.4, 0.5) is 0 Å². The van der Waals surface area contributed by atoms with E-state index in [1.807, 2.05) is 75.3 Å². The van der Waals surface area contributed by atoms with E-state index in [0.29, 0.717) is 19.3 Å². The van der Waals surface area contributed by atoms with Crippen molar-refractivity contribution in [3.05, 3.63) is 24.0 Å². The molecule has 0 unspecified atom stereocenters. The Kier molecular flexibility index (Phi) is 32.8. The molecule has 22 nitrogen and oxygen atoms in total. The van der Waals surface area contributed by atoms with Gasteiger partial charge in [0.15, 0.2) is 17.3 Å². The number of nitrogens with one attached hydrogen (secondary N) is 1. The molecule has 2 rings (SSSR count). The Morgan fingerprint density at radius 3 is 1.42 bits per heavy atom. The summed E-state index contributed by atoms with van der Waals surface area (Å²) in [5, 5.41) is 23.4. The largest absolute Gasteiger partial charge is 0.390 e. The van der Waals surface area contributed by atoms with E-state index in [-0.39, 0.29) is 74.4 Å². The molecule has 0 aromatic carbocycles. The van der Waals surface area contributed by atoms with Crippen LogP contribution < -0.4 is 5.32 Å². The fraction of sp³-hybridized carbons (Fsp3) is 0.783. The number of ketones is 3. The zero-order valence-electron chi connectivity index (χ0n) is 59.9. The lowest BCUT2D eigenvalue weighted by Crippen LogP contribution is -2.61. The Morgan fingerprint density at radius 1 is 0.505 bits per heavy atom. The second-order valence-electron chi connectivity index (χ2n) is 28.7. The molecule has 0 saturated carbocycles. The summed E-state index contributed by atoms with van der Waals surface area (Å²) in [7, 11) is 10.3. The molecule has 91 heavy (non-hydrogen) atoms. The summed E-state index contributed by atoms with van der Waals surface area (Å²) in [5.74, 6) is -11.0. The van der Waals surface area contributed by atoms with E-state index in [1.54, 1.807) is 46.9 Å². The number of hydrogen-bond donors (Lipinski definition) is 2. The van der Waals surface area contributed by atoms with Gasteiger partial charge in [-0.15, -0.1) is 0 Å². The number of carbonyl (C=O) groups is 11. The molecule has 2 N–H and O–H groups in total. The third-order valence-electron chi connectivity index (χ3n) is 18.5. The van der Waals surface area contributed by atoms with Crippen molar-refractivity contribution in [2.75, 3.05) is 49.3 Å². The molecule has 8 amide bonds. The minimum Gasteiger partial charge on any atom is -0.390 e. The van der Waals surface area contributed by atoms with Gasteiger partial charge >= 0.3 is 0 Å². The number of likely N-dealkylation sites (N-methyl/N-ethyl adjacent to an activating group) is 7. The number of aliphatic hydroxyl groups excluding tert-OH is 1. The molecular weight excluding hydrogens is 1160 g/mol. The number of aromatic nitrogens is 2. The van der Waals surface area contributed by atoms with Crippen molar-refractivity contribution in [1.29, 1.82) is 0 Å². The van der Waals surface area contributed by atoms with Crippen LogP contribution in [0.1, 0.15) is 188 Å². The molecule has 2 heterocycles. The van der Waals surface area contributed by atoms with E-state index >= 15 is 19.2 Å². The smallest absolute Gasteiger partial charge is 0.246 e. The van der Waals surface area contributed by atoms with E-state index in [4.69, 9.17) is 0 Å². The van der Waals surface area contributed by atoms with Crippen LogP contribution in [0, 0.1) is 59.2 Å². The molecule has 516 valence electrons. The van der Waals surface area contributed by atoms with Gasteiger partial charge in [0, 0.05) is 92.5 Å². The first-order chi connectivity index (χ1) is 42.2. The molecule has 1 fully saturated rings. The highest BCUT2D eigenvalue weighted by molar-refractivity contribution is 6.00. The van der Waals surface area contributed by atoms with Crippen LogP contribution in [0.2, 0.25) is 0 Å². The molecule has 1 saturated heterocycles. The highest BCUT2D eigenvalue weighted by Crippen LogP contribution is 2.30. The number of aryl methyl sites for hydroxylation is 1. The summed E-state index contributed by atoms with van der Waals surface area (Å²) >= 11 is 0. The van der Waals surface area contributed by atoms with Gasteiger partial charge in [0.1, 0.15) is 36.3 Å². The number of nitrogens with zero attached hydrogens (tertiary/aromatic N) is 9. The van der Waals surface area contributed by atoms with Gasteiger partial charge in [-0.05, 0) is 119 Å². The SMILES string of the molecule is CC[C@H]1CC(=O)[C@@H]([C@H](O)[C@H](C)CCCc2cccnn2)N(C)C(=O)[C@@H](C(C)C)N(C)C(=O)[C@@H](CC(C)C)N(C)C(=O)[C@@H](CC(C)C)N(C)C(=O)[C@H](C)NC(=O)[C@@H](C)CC(=O)[C@@H](CC(C)C)N(C)C(=O)[C@@H](C(C)C)CC(=O)[C@H](CC(C)C)N(C)C(=O)[C@@H](C)N(C)C1=O. The Bertz CT molecular complexity index is 2610. The standard InChI is InChI=1S/C69H118N10O12/c1-25-49-37-58(82)60(61(83)45(14)28-26-29-50-30-27-31-70-72-50)79(24)69(91)59(44(12)13)78(23)68(90)55(35-42(8)9)77(22)67(89)54(34-41(6)7)76(21)63(85)47(16)71-62(84)46(15)36-56(80)52(32-39(2)3)75(20)66(88)51(43(10)11)38-57(81)53(33-40(4)5)74(19)64(86)48(17)73(18)65(49)87/h27,30-31,39-49,51-55,59-61,83H,25-26,28-29,32-38H2,1-24H3,(H,71,84)/t45-,46+,47+,48-,49+,51-,52-,53+,54-,55-,59-,60+,61-/m1/s1. The third-order valence-corrected chi connectivity index (χ3v) is 18.5. The maximum Gasteiger partial charge on any atom is 0.246 e. The molecule has 22 heteroatoms. The zero-order valence-corrected chi connectivity index (χ0v) is 59.9. The summed E-state index contributed by atoms with van der Waals surface area (Å²) in [5.41, 5.74) is 0.732. The van der Waals surface area contributed by atoms with Gasteiger partial charge in [0.2, 0.25) is 47.3 Å². The molecule has 1 aromatic rings. The Balaban J connectivity index is 3.00. The van der Waals surface area contributed by atoms with Crippen molar-refractivity contribution in [2.24, 2.45) is 59.2 Å². The van der Waals surface area contributed by atoms with Crippen LogP contribution >= 0.6 is 0 Å². The van der Waals surface area contributed by atoms with Crippen molar-refractivity contribution in [1.82, 2.24) is 49.8 Å². The third kappa shape index (κ3) is 22.5. The van der Waals surface area contributed by atoms with E-state index in [2.05, 4.69) is 15.5 Å². The van der Waals surface area contributed by atoms with E-state index < -0.39 is 155 Å². The summed E-state index contributed by atoms with van der Waals surface area (Å²) < 4.78 is 0. The molecule has 1 aliphatic rings. The van der Waals surface area contributed by atoms with Crippen LogP contribution in [0.3, 0.4) is 0 Å². The van der Waals surface area contributed by atoms with Crippen molar-refractivity contribution in [3.63, 3.8) is 0 Å². The van der Waals surface area contributed by atoms with Gasteiger partial charge in [-0.2, -0.15) is 10.2 Å². The van der Waals surface area contributed by atoms with Crippen LogP contribution in [0.25, 0.3) is 0 Å². The van der Waals surface area contributed by atoms with Gasteiger partial charge in [-0.1, -0.05) is 104 Å². The summed E-state index contributed by atoms with van der Waals surface area (Å²) in [6.07, 6.45) is 1.49. The predicted octanol–water partition coefficient (Wildman–Crippen LogP) is 6.78. The molecule has 0 bridgehead atoms. The van der Waals surface area contributed by atoms with Crippen LogP contribution in [0.15, 0.2) is 18.3 Å². The summed E-state index contributed by atoms with van der Waals surface area (Å²) in [6, 6.07) is -5.77. The molecule has 13 atom stereocenters. The second kappa shape index (κ2) is 36.9. The molecule has 0 aliphatic carbocycles. The number of rotatable bonds is 17. The van der Waals surface area contributed by atoms with Crippen LogP contribution in [-0.4, -0.2) is 218 Å².